The van der Waals surface area contributed by atoms with Gasteiger partial charge in [-0.15, -0.1) is 0 Å². The predicted molar refractivity (Wildman–Crippen MR) is 121 cm³/mol. The number of carbonyl (C=O) groups excluding carboxylic acids is 1. The molecule has 0 bridgehead atoms. The number of benzene rings is 3. The van der Waals surface area contributed by atoms with E-state index >= 15 is 0 Å². The minimum absolute atomic E-state index is 0.0422. The van der Waals surface area contributed by atoms with Gasteiger partial charge in [0.2, 0.25) is 0 Å². The van der Waals surface area contributed by atoms with Crippen LogP contribution in [0, 0.1) is 18.3 Å². The number of hydrogen-bond donors (Lipinski definition) is 1. The normalized spacial score (nSPS) is 10.9. The van der Waals surface area contributed by atoms with E-state index in [2.05, 4.69) is 5.32 Å². The van der Waals surface area contributed by atoms with Crippen molar-refractivity contribution >= 4 is 40.9 Å². The third kappa shape index (κ3) is 6.12. The molecule has 0 fully saturated rings. The molecule has 0 atom stereocenters. The van der Waals surface area contributed by atoms with Crippen molar-refractivity contribution in [2.45, 2.75) is 13.5 Å². The first-order valence-electron chi connectivity index (χ1n) is 9.10. The first-order chi connectivity index (χ1) is 14.4. The summed E-state index contributed by atoms with van der Waals surface area (Å²) in [5.74, 6) is 0.153. The van der Waals surface area contributed by atoms with Gasteiger partial charge in [0.1, 0.15) is 24.0 Å². The van der Waals surface area contributed by atoms with Gasteiger partial charge in [0, 0.05) is 15.7 Å². The zero-order valence-electron chi connectivity index (χ0n) is 16.2. The summed E-state index contributed by atoms with van der Waals surface area (Å²) in [4.78, 5) is 12.4. The van der Waals surface area contributed by atoms with Gasteiger partial charge in [-0.3, -0.25) is 4.79 Å². The quantitative estimate of drug-likeness (QED) is 0.357. The Morgan fingerprint density at radius 1 is 1.03 bits per heavy atom. The lowest BCUT2D eigenvalue weighted by molar-refractivity contribution is -0.112. The number of rotatable bonds is 6. The number of carbonyl (C=O) groups is 1. The molecule has 0 radical (unpaired) electrons. The maximum Gasteiger partial charge on any atom is 0.266 e. The van der Waals surface area contributed by atoms with Crippen LogP contribution in [0.5, 0.6) is 5.75 Å². The summed E-state index contributed by atoms with van der Waals surface area (Å²) in [6.45, 7) is 2.50. The second kappa shape index (κ2) is 9.98. The van der Waals surface area contributed by atoms with Crippen molar-refractivity contribution in [1.29, 1.82) is 5.26 Å². The molecule has 6 heteroatoms. The first kappa shape index (κ1) is 21.4. The molecular weight excluding hydrogens is 419 g/mol. The minimum Gasteiger partial charge on any atom is -0.489 e. The Kier molecular flexibility index (Phi) is 7.13. The van der Waals surface area contributed by atoms with Crippen molar-refractivity contribution in [2.24, 2.45) is 0 Å². The predicted octanol–water partition coefficient (Wildman–Crippen LogP) is 6.43. The van der Waals surface area contributed by atoms with Crippen molar-refractivity contribution in [3.8, 4) is 11.8 Å². The Bertz CT molecular complexity index is 1100. The monoisotopic (exact) mass is 436 g/mol. The number of nitriles is 1. The Morgan fingerprint density at radius 3 is 2.27 bits per heavy atom. The zero-order chi connectivity index (χ0) is 21.5. The van der Waals surface area contributed by atoms with Crippen molar-refractivity contribution in [2.75, 3.05) is 5.32 Å². The molecule has 0 aliphatic heterocycles. The van der Waals surface area contributed by atoms with E-state index in [-0.39, 0.29) is 5.57 Å². The highest BCUT2D eigenvalue weighted by atomic mass is 35.5. The van der Waals surface area contributed by atoms with Crippen LogP contribution in [0.1, 0.15) is 16.7 Å². The molecule has 0 aliphatic carbocycles. The fourth-order valence-corrected chi connectivity index (χ4v) is 3.18. The van der Waals surface area contributed by atoms with Crippen LogP contribution in [0.2, 0.25) is 10.0 Å². The summed E-state index contributed by atoms with van der Waals surface area (Å²) in [6, 6.07) is 21.9. The summed E-state index contributed by atoms with van der Waals surface area (Å²) >= 11 is 11.9. The largest absolute Gasteiger partial charge is 0.489 e. The molecule has 0 unspecified atom stereocenters. The number of anilines is 1. The van der Waals surface area contributed by atoms with Gasteiger partial charge in [-0.1, -0.05) is 65.2 Å². The molecule has 30 heavy (non-hydrogen) atoms. The first-order valence-corrected chi connectivity index (χ1v) is 9.86. The number of halogens is 2. The zero-order valence-corrected chi connectivity index (χ0v) is 17.7. The minimum atomic E-state index is -0.546. The van der Waals surface area contributed by atoms with Crippen LogP contribution in [0.15, 0.2) is 72.3 Å². The second-order valence-corrected chi connectivity index (χ2v) is 7.50. The van der Waals surface area contributed by atoms with Crippen LogP contribution in [-0.2, 0) is 11.4 Å². The highest BCUT2D eigenvalue weighted by Crippen LogP contribution is 2.23. The Hall–Kier alpha value is -3.26. The van der Waals surface area contributed by atoms with Crippen molar-refractivity contribution in [3.05, 3.63) is 99.0 Å². The fourth-order valence-electron chi connectivity index (χ4n) is 2.65. The standard InChI is InChI=1S/C24H18Cl2N2O2/c1-16-2-4-18(5-3-16)15-30-23-8-6-17(7-9-23)10-19(14-27)24(29)28-22-12-20(25)11-21(26)13-22/h2-13H,15H2,1H3,(H,28,29)/b19-10+. The van der Waals surface area contributed by atoms with E-state index in [0.717, 1.165) is 5.56 Å². The van der Waals surface area contributed by atoms with Gasteiger partial charge in [0.15, 0.2) is 0 Å². The van der Waals surface area contributed by atoms with Crippen LogP contribution < -0.4 is 10.1 Å². The van der Waals surface area contributed by atoms with Crippen LogP contribution in [0.4, 0.5) is 5.69 Å². The summed E-state index contributed by atoms with van der Waals surface area (Å²) in [6.07, 6.45) is 1.51. The van der Waals surface area contributed by atoms with Gasteiger partial charge in [0.25, 0.3) is 5.91 Å². The highest BCUT2D eigenvalue weighted by molar-refractivity contribution is 6.35. The summed E-state index contributed by atoms with van der Waals surface area (Å²) < 4.78 is 5.78. The molecule has 0 saturated carbocycles. The number of ether oxygens (including phenoxy) is 1. The van der Waals surface area contributed by atoms with Gasteiger partial charge < -0.3 is 10.1 Å². The smallest absolute Gasteiger partial charge is 0.266 e. The average molecular weight is 437 g/mol. The van der Waals surface area contributed by atoms with Gasteiger partial charge in [-0.2, -0.15) is 5.26 Å². The molecule has 3 rings (SSSR count). The summed E-state index contributed by atoms with van der Waals surface area (Å²) in [7, 11) is 0. The molecular formula is C24H18Cl2N2O2. The van der Waals surface area contributed by atoms with E-state index in [4.69, 9.17) is 27.9 Å². The molecule has 0 spiro atoms. The van der Waals surface area contributed by atoms with E-state index in [1.54, 1.807) is 42.5 Å². The van der Waals surface area contributed by atoms with Gasteiger partial charge in [0.05, 0.1) is 0 Å². The van der Waals surface area contributed by atoms with Crippen molar-refractivity contribution in [3.63, 3.8) is 0 Å². The fraction of sp³-hybridized carbons (Fsp3) is 0.0833. The molecule has 0 aliphatic rings. The lowest BCUT2D eigenvalue weighted by Gasteiger charge is -2.07. The number of aryl methyl sites for hydroxylation is 1. The van der Waals surface area contributed by atoms with Gasteiger partial charge in [-0.05, 0) is 54.5 Å². The molecule has 1 amide bonds. The summed E-state index contributed by atoms with van der Waals surface area (Å²) in [5, 5.41) is 12.8. The maximum absolute atomic E-state index is 12.4. The van der Waals surface area contributed by atoms with Gasteiger partial charge >= 0.3 is 0 Å². The average Bonchev–Trinajstić information content (AvgIpc) is 2.71. The van der Waals surface area contributed by atoms with Crippen LogP contribution in [0.3, 0.4) is 0 Å². The lowest BCUT2D eigenvalue weighted by atomic mass is 10.1. The number of nitrogens with zero attached hydrogens (tertiary/aromatic N) is 1. The van der Waals surface area contributed by atoms with Crippen LogP contribution in [-0.4, -0.2) is 5.91 Å². The maximum atomic E-state index is 12.4. The molecule has 3 aromatic rings. The molecule has 150 valence electrons. The third-order valence-corrected chi connectivity index (χ3v) is 4.64. The molecule has 4 nitrogen and oxygen atoms in total. The van der Waals surface area contributed by atoms with Crippen LogP contribution in [0.25, 0.3) is 6.08 Å². The van der Waals surface area contributed by atoms with Crippen LogP contribution >= 0.6 is 23.2 Å². The lowest BCUT2D eigenvalue weighted by Crippen LogP contribution is -2.13. The van der Waals surface area contributed by atoms with Crippen molar-refractivity contribution < 1.29 is 9.53 Å². The Balaban J connectivity index is 1.65. The third-order valence-electron chi connectivity index (χ3n) is 4.20. The molecule has 0 saturated heterocycles. The molecule has 0 heterocycles. The Labute approximate surface area is 185 Å². The van der Waals surface area contributed by atoms with Crippen molar-refractivity contribution in [1.82, 2.24) is 0 Å². The van der Waals surface area contributed by atoms with E-state index in [0.29, 0.717) is 33.7 Å². The topological polar surface area (TPSA) is 62.1 Å². The van der Waals surface area contributed by atoms with E-state index < -0.39 is 5.91 Å². The number of hydrogen-bond acceptors (Lipinski definition) is 3. The molecule has 3 aromatic carbocycles. The second-order valence-electron chi connectivity index (χ2n) is 6.63. The molecule has 0 aromatic heterocycles. The Morgan fingerprint density at radius 2 is 1.67 bits per heavy atom. The number of amides is 1. The highest BCUT2D eigenvalue weighted by Gasteiger charge is 2.10. The summed E-state index contributed by atoms with van der Waals surface area (Å²) in [5.41, 5.74) is 3.35. The molecule has 1 N–H and O–H groups in total. The number of nitrogens with one attached hydrogen (secondary N) is 1. The SMILES string of the molecule is Cc1ccc(COc2ccc(/C=C(\C#N)C(=O)Nc3cc(Cl)cc(Cl)c3)cc2)cc1. The van der Waals surface area contributed by atoms with E-state index in [9.17, 15) is 10.1 Å². The van der Waals surface area contributed by atoms with E-state index in [1.165, 1.54) is 11.6 Å². The van der Waals surface area contributed by atoms with E-state index in [1.807, 2.05) is 37.3 Å². The van der Waals surface area contributed by atoms with Gasteiger partial charge in [-0.25, -0.2) is 0 Å².